The molecule has 1 fully saturated rings. The van der Waals surface area contributed by atoms with E-state index in [1.54, 1.807) is 7.05 Å². The van der Waals surface area contributed by atoms with Gasteiger partial charge in [0.15, 0.2) is 10.8 Å². The summed E-state index contributed by atoms with van der Waals surface area (Å²) < 4.78 is 1.71. The van der Waals surface area contributed by atoms with Gasteiger partial charge in [-0.05, 0) is 43.4 Å². The fraction of sp³-hybridized carbons (Fsp3) is 0.458. The number of anilines is 2. The van der Waals surface area contributed by atoms with Crippen molar-refractivity contribution >= 4 is 44.3 Å². The Morgan fingerprint density at radius 1 is 1.24 bits per heavy atom. The number of nitrogens with one attached hydrogen (secondary N) is 2. The fourth-order valence-corrected chi connectivity index (χ4v) is 5.15. The number of hydrogen-bond acceptors (Lipinski definition) is 7. The van der Waals surface area contributed by atoms with Gasteiger partial charge in [-0.25, -0.2) is 4.98 Å². The zero-order chi connectivity index (χ0) is 24.1. The zero-order valence-corrected chi connectivity index (χ0v) is 20.4. The van der Waals surface area contributed by atoms with Crippen molar-refractivity contribution in [2.24, 2.45) is 5.92 Å². The van der Waals surface area contributed by atoms with Gasteiger partial charge in [0.25, 0.3) is 5.56 Å². The average Bonchev–Trinajstić information content (AvgIpc) is 3.30. The number of piperidine rings is 1. The number of hydrogen-bond donors (Lipinski definition) is 2. The molecule has 1 atom stereocenters. The molecule has 3 aromatic rings. The van der Waals surface area contributed by atoms with Crippen molar-refractivity contribution in [1.82, 2.24) is 19.9 Å². The van der Waals surface area contributed by atoms with Crippen LogP contribution in [-0.2, 0) is 22.6 Å². The maximum atomic E-state index is 13.0. The molecule has 1 saturated heterocycles. The van der Waals surface area contributed by atoms with Crippen molar-refractivity contribution in [3.8, 4) is 0 Å². The number of aryl methyl sites for hydroxylation is 1. The smallest absolute Gasteiger partial charge is 0.273 e. The van der Waals surface area contributed by atoms with Crippen molar-refractivity contribution in [1.29, 1.82) is 0 Å². The van der Waals surface area contributed by atoms with Crippen LogP contribution in [0.25, 0.3) is 10.3 Å². The maximum absolute atomic E-state index is 13.0. The summed E-state index contributed by atoms with van der Waals surface area (Å²) in [6.07, 6.45) is 6.38. The number of amides is 2. The van der Waals surface area contributed by atoms with Gasteiger partial charge >= 0.3 is 0 Å². The molecule has 0 aliphatic carbocycles. The fourth-order valence-electron chi connectivity index (χ4n) is 4.14. The minimum atomic E-state index is -0.293. The molecule has 4 rings (SSSR count). The lowest BCUT2D eigenvalue weighted by molar-refractivity contribution is -0.124. The highest BCUT2D eigenvalue weighted by Crippen LogP contribution is 2.29. The van der Waals surface area contributed by atoms with Crippen molar-refractivity contribution in [3.05, 3.63) is 46.5 Å². The summed E-state index contributed by atoms with van der Waals surface area (Å²) in [6, 6.07) is 7.79. The Labute approximate surface area is 202 Å². The molecule has 3 heterocycles. The Morgan fingerprint density at radius 2 is 2.03 bits per heavy atom. The van der Waals surface area contributed by atoms with Crippen molar-refractivity contribution in [3.63, 3.8) is 0 Å². The summed E-state index contributed by atoms with van der Waals surface area (Å²) in [5.74, 6) is -0.369. The molecule has 34 heavy (non-hydrogen) atoms. The van der Waals surface area contributed by atoms with Gasteiger partial charge in [0, 0.05) is 25.8 Å². The monoisotopic (exact) mass is 482 g/mol. The number of aromatic nitrogens is 3. The highest BCUT2D eigenvalue weighted by atomic mass is 32.1. The van der Waals surface area contributed by atoms with Gasteiger partial charge in [0.2, 0.25) is 11.8 Å². The molecule has 1 aromatic carbocycles. The lowest BCUT2D eigenvalue weighted by atomic mass is 9.98. The second-order valence-corrected chi connectivity index (χ2v) is 9.55. The lowest BCUT2D eigenvalue weighted by Crippen LogP contribution is -2.42. The normalized spacial score (nSPS) is 15.9. The van der Waals surface area contributed by atoms with Gasteiger partial charge in [0.1, 0.15) is 17.6 Å². The highest BCUT2D eigenvalue weighted by Gasteiger charge is 2.27. The number of nitrogens with zero attached hydrogens (tertiary/aromatic N) is 4. The number of unbranched alkanes of at least 4 members (excludes halogenated alkanes) is 1. The van der Waals surface area contributed by atoms with Crippen LogP contribution in [0.2, 0.25) is 0 Å². The third kappa shape index (κ3) is 5.44. The van der Waals surface area contributed by atoms with Gasteiger partial charge in [-0.15, -0.1) is 0 Å². The molecule has 0 spiro atoms. The largest absolute Gasteiger partial charge is 0.359 e. The lowest BCUT2D eigenvalue weighted by Gasteiger charge is -2.31. The third-order valence-corrected chi connectivity index (χ3v) is 7.15. The Morgan fingerprint density at radius 3 is 2.76 bits per heavy atom. The van der Waals surface area contributed by atoms with E-state index in [4.69, 9.17) is 0 Å². The van der Waals surface area contributed by atoms with Crippen LogP contribution >= 0.6 is 11.3 Å². The molecule has 10 heteroatoms. The Hall–Kier alpha value is -3.27. The van der Waals surface area contributed by atoms with Crippen LogP contribution in [0.4, 0.5) is 10.8 Å². The van der Waals surface area contributed by atoms with E-state index >= 15 is 0 Å². The number of thiazole rings is 1. The first-order valence-corrected chi connectivity index (χ1v) is 12.5. The molecule has 2 aromatic heterocycles. The summed E-state index contributed by atoms with van der Waals surface area (Å²) >= 11 is 1.26. The van der Waals surface area contributed by atoms with Gasteiger partial charge in [0.05, 0.1) is 5.92 Å². The molecule has 2 amide bonds. The highest BCUT2D eigenvalue weighted by molar-refractivity contribution is 7.22. The summed E-state index contributed by atoms with van der Waals surface area (Å²) in [4.78, 5) is 48.5. The predicted octanol–water partition coefficient (Wildman–Crippen LogP) is 2.80. The number of carbonyl (C=O) groups excluding carboxylic acids is 2. The van der Waals surface area contributed by atoms with Crippen LogP contribution in [-0.4, -0.2) is 46.5 Å². The average molecular weight is 483 g/mol. The number of fused-ring (bicyclic) bond motifs is 1. The van der Waals surface area contributed by atoms with E-state index in [1.165, 1.54) is 27.8 Å². The summed E-state index contributed by atoms with van der Waals surface area (Å²) in [5.41, 5.74) is 2.01. The van der Waals surface area contributed by atoms with Gasteiger partial charge in [-0.1, -0.05) is 36.8 Å². The Bertz CT molecular complexity index is 1220. The molecular weight excluding hydrogens is 452 g/mol. The van der Waals surface area contributed by atoms with Crippen molar-refractivity contribution in [2.75, 3.05) is 30.4 Å². The molecule has 2 N–H and O–H groups in total. The van der Waals surface area contributed by atoms with Gasteiger partial charge in [-0.3, -0.25) is 19.0 Å². The molecule has 0 radical (unpaired) electrons. The van der Waals surface area contributed by atoms with E-state index in [9.17, 15) is 14.4 Å². The minimum Gasteiger partial charge on any atom is -0.359 e. The molecule has 1 aliphatic rings. The van der Waals surface area contributed by atoms with E-state index in [2.05, 4.69) is 27.5 Å². The van der Waals surface area contributed by atoms with Gasteiger partial charge in [-0.2, -0.15) is 4.98 Å². The summed E-state index contributed by atoms with van der Waals surface area (Å²) in [6.45, 7) is 3.37. The van der Waals surface area contributed by atoms with Crippen molar-refractivity contribution in [2.45, 2.75) is 45.6 Å². The first-order chi connectivity index (χ1) is 16.5. The topological polar surface area (TPSA) is 109 Å². The van der Waals surface area contributed by atoms with Crippen LogP contribution in [0.15, 0.2) is 35.4 Å². The van der Waals surface area contributed by atoms with Crippen LogP contribution in [0.5, 0.6) is 0 Å². The first-order valence-electron chi connectivity index (χ1n) is 11.7. The van der Waals surface area contributed by atoms with Crippen LogP contribution in [0.3, 0.4) is 0 Å². The SMILES string of the molecule is CCCCc1ccc(NC(=O)Cn2cnc3nc(N4CCC[C@H](C(=O)NC)C4)sc3c2=O)cc1. The van der Waals surface area contributed by atoms with Crippen molar-refractivity contribution < 1.29 is 9.59 Å². The molecule has 180 valence electrons. The maximum Gasteiger partial charge on any atom is 0.273 e. The summed E-state index contributed by atoms with van der Waals surface area (Å²) in [7, 11) is 1.64. The summed E-state index contributed by atoms with van der Waals surface area (Å²) in [5, 5.41) is 6.23. The third-order valence-electron chi connectivity index (χ3n) is 6.05. The molecular formula is C24H30N6O3S. The molecule has 0 saturated carbocycles. The second kappa shape index (κ2) is 10.8. The number of rotatable bonds is 8. The predicted molar refractivity (Wildman–Crippen MR) is 134 cm³/mol. The zero-order valence-electron chi connectivity index (χ0n) is 19.5. The van der Waals surface area contributed by atoms with E-state index in [-0.39, 0.29) is 29.8 Å². The Kier molecular flexibility index (Phi) is 7.56. The molecule has 9 nitrogen and oxygen atoms in total. The van der Waals surface area contributed by atoms with Gasteiger partial charge < -0.3 is 15.5 Å². The second-order valence-electron chi connectivity index (χ2n) is 8.57. The number of benzene rings is 1. The molecule has 1 aliphatic heterocycles. The van der Waals surface area contributed by atoms with E-state index in [1.807, 2.05) is 29.2 Å². The molecule has 0 bridgehead atoms. The number of carbonyl (C=O) groups is 2. The van der Waals surface area contributed by atoms with E-state index in [0.717, 1.165) is 38.6 Å². The quantitative estimate of drug-likeness (QED) is 0.511. The van der Waals surface area contributed by atoms with E-state index < -0.39 is 0 Å². The van der Waals surface area contributed by atoms with E-state index in [0.29, 0.717) is 27.7 Å². The van der Waals surface area contributed by atoms with Crippen LogP contribution in [0.1, 0.15) is 38.2 Å². The van der Waals surface area contributed by atoms with Crippen LogP contribution in [0, 0.1) is 5.92 Å². The minimum absolute atomic E-state index is 0.0212. The standard InChI is InChI=1S/C24H30N6O3S/c1-3-4-6-16-8-10-18(11-9-16)27-19(31)14-30-15-26-21-20(23(30)33)34-24(28-21)29-12-5-7-17(13-29)22(32)25-2/h8-11,15,17H,3-7,12-14H2,1-2H3,(H,25,32)(H,27,31)/t17-/m0/s1. The molecule has 0 unspecified atom stereocenters. The first kappa shape index (κ1) is 23.9. The van der Waals surface area contributed by atoms with Crippen LogP contribution < -0.4 is 21.1 Å². The Balaban J connectivity index is 1.44.